The topological polar surface area (TPSA) is 51.8 Å². The number of anilines is 1. The predicted molar refractivity (Wildman–Crippen MR) is 69.3 cm³/mol. The van der Waals surface area contributed by atoms with Gasteiger partial charge in [0, 0.05) is 5.56 Å². The Kier molecular flexibility index (Phi) is 2.86. The molecule has 2 N–H and O–H groups in total. The average molecular weight is 311 g/mol. The van der Waals surface area contributed by atoms with Gasteiger partial charge in [-0.25, -0.2) is 9.97 Å². The molecule has 0 atom stereocenters. The van der Waals surface area contributed by atoms with Crippen molar-refractivity contribution in [2.75, 3.05) is 5.73 Å². The van der Waals surface area contributed by atoms with Crippen molar-refractivity contribution in [3.05, 3.63) is 39.6 Å². The van der Waals surface area contributed by atoms with Crippen LogP contribution in [0.1, 0.15) is 5.69 Å². The second kappa shape index (κ2) is 4.14. The molecule has 0 amide bonds. The number of hydrogen-bond acceptors (Lipinski definition) is 3. The molecule has 0 saturated heterocycles. The molecule has 3 nitrogen and oxygen atoms in total. The highest BCUT2D eigenvalue weighted by Crippen LogP contribution is 2.21. The Labute approximate surface area is 102 Å². The van der Waals surface area contributed by atoms with Gasteiger partial charge in [0.1, 0.15) is 5.82 Å². The van der Waals surface area contributed by atoms with Crippen LogP contribution in [0.15, 0.2) is 30.3 Å². The second-order valence-electron chi connectivity index (χ2n) is 3.20. The van der Waals surface area contributed by atoms with Crippen molar-refractivity contribution in [1.82, 2.24) is 9.97 Å². The molecule has 2 aromatic rings. The van der Waals surface area contributed by atoms with Gasteiger partial charge in [-0.2, -0.15) is 0 Å². The van der Waals surface area contributed by atoms with E-state index in [9.17, 15) is 0 Å². The molecule has 0 aliphatic rings. The number of halogens is 1. The van der Waals surface area contributed by atoms with Crippen LogP contribution in [0, 0.1) is 10.5 Å². The maximum absolute atomic E-state index is 5.80. The van der Waals surface area contributed by atoms with Crippen LogP contribution in [0.3, 0.4) is 0 Å². The molecule has 0 radical (unpaired) electrons. The number of nitrogen functional groups attached to an aromatic ring is 1. The van der Waals surface area contributed by atoms with Crippen molar-refractivity contribution in [1.29, 1.82) is 0 Å². The summed E-state index contributed by atoms with van der Waals surface area (Å²) in [5, 5.41) is 0. The Morgan fingerprint density at radius 1 is 1.13 bits per heavy atom. The summed E-state index contributed by atoms with van der Waals surface area (Å²) < 4.78 is 0.923. The van der Waals surface area contributed by atoms with E-state index in [2.05, 4.69) is 32.6 Å². The van der Waals surface area contributed by atoms with Crippen LogP contribution < -0.4 is 5.73 Å². The third-order valence-electron chi connectivity index (χ3n) is 2.07. The number of aryl methyl sites for hydroxylation is 1. The lowest BCUT2D eigenvalue weighted by Gasteiger charge is -2.05. The van der Waals surface area contributed by atoms with E-state index >= 15 is 0 Å². The monoisotopic (exact) mass is 311 g/mol. The fourth-order valence-corrected chi connectivity index (χ4v) is 1.54. The van der Waals surface area contributed by atoms with Crippen molar-refractivity contribution < 1.29 is 0 Å². The summed E-state index contributed by atoms with van der Waals surface area (Å²) in [7, 11) is 0. The molecule has 1 aromatic heterocycles. The highest BCUT2D eigenvalue weighted by atomic mass is 127. The first-order valence-corrected chi connectivity index (χ1v) is 5.61. The van der Waals surface area contributed by atoms with Gasteiger partial charge in [-0.1, -0.05) is 30.3 Å². The van der Waals surface area contributed by atoms with E-state index in [0.717, 1.165) is 14.8 Å². The second-order valence-corrected chi connectivity index (χ2v) is 4.28. The van der Waals surface area contributed by atoms with Crippen LogP contribution in [-0.2, 0) is 0 Å². The molecule has 0 saturated carbocycles. The molecule has 2 rings (SSSR count). The van der Waals surface area contributed by atoms with Crippen LogP contribution in [0.2, 0.25) is 0 Å². The highest BCUT2D eigenvalue weighted by molar-refractivity contribution is 14.1. The number of nitrogens with zero attached hydrogens (tertiary/aromatic N) is 2. The first kappa shape index (κ1) is 10.4. The van der Waals surface area contributed by atoms with E-state index in [4.69, 9.17) is 5.73 Å². The van der Waals surface area contributed by atoms with Crippen LogP contribution in [-0.4, -0.2) is 9.97 Å². The minimum absolute atomic E-state index is 0.543. The standard InChI is InChI=1S/C11H10IN3/c1-7-9(12)10(13)15-11(14-7)8-5-3-2-4-6-8/h2-6H,1H3,(H2,13,14,15). The van der Waals surface area contributed by atoms with Gasteiger partial charge in [-0.05, 0) is 29.5 Å². The molecule has 15 heavy (non-hydrogen) atoms. The number of rotatable bonds is 1. The molecule has 1 aromatic carbocycles. The van der Waals surface area contributed by atoms with Gasteiger partial charge in [0.2, 0.25) is 0 Å². The quantitative estimate of drug-likeness (QED) is 0.824. The van der Waals surface area contributed by atoms with Gasteiger partial charge < -0.3 is 5.73 Å². The molecule has 1 heterocycles. The fourth-order valence-electron chi connectivity index (χ4n) is 1.30. The Morgan fingerprint density at radius 2 is 1.80 bits per heavy atom. The predicted octanol–water partition coefficient (Wildman–Crippen LogP) is 2.64. The molecule has 0 aliphatic heterocycles. The molecular weight excluding hydrogens is 301 g/mol. The molecule has 0 bridgehead atoms. The fraction of sp³-hybridized carbons (Fsp3) is 0.0909. The van der Waals surface area contributed by atoms with Gasteiger partial charge in [0.05, 0.1) is 9.26 Å². The zero-order valence-corrected chi connectivity index (χ0v) is 10.4. The molecule has 0 unspecified atom stereocenters. The maximum Gasteiger partial charge on any atom is 0.161 e. The first-order valence-electron chi connectivity index (χ1n) is 4.53. The van der Waals surface area contributed by atoms with E-state index < -0.39 is 0 Å². The Bertz CT molecular complexity index is 459. The van der Waals surface area contributed by atoms with E-state index in [0.29, 0.717) is 11.6 Å². The smallest absolute Gasteiger partial charge is 0.161 e. The lowest BCUT2D eigenvalue weighted by Crippen LogP contribution is -2.01. The molecule has 0 spiro atoms. The third-order valence-corrected chi connectivity index (χ3v) is 3.41. The first-order chi connectivity index (χ1) is 7.18. The minimum Gasteiger partial charge on any atom is -0.383 e. The Balaban J connectivity index is 2.56. The summed E-state index contributed by atoms with van der Waals surface area (Å²) in [4.78, 5) is 8.67. The largest absolute Gasteiger partial charge is 0.383 e. The third kappa shape index (κ3) is 2.09. The summed E-state index contributed by atoms with van der Waals surface area (Å²) in [6, 6.07) is 9.83. The van der Waals surface area contributed by atoms with E-state index in [1.165, 1.54) is 0 Å². The van der Waals surface area contributed by atoms with Gasteiger partial charge in [-0.3, -0.25) is 0 Å². The van der Waals surface area contributed by atoms with Crippen molar-refractivity contribution in [2.24, 2.45) is 0 Å². The van der Waals surface area contributed by atoms with Gasteiger partial charge >= 0.3 is 0 Å². The van der Waals surface area contributed by atoms with Crippen LogP contribution >= 0.6 is 22.6 Å². The van der Waals surface area contributed by atoms with Crippen molar-refractivity contribution in [2.45, 2.75) is 6.92 Å². The number of hydrogen-bond donors (Lipinski definition) is 1. The summed E-state index contributed by atoms with van der Waals surface area (Å²) in [6.07, 6.45) is 0. The van der Waals surface area contributed by atoms with E-state index in [1.807, 2.05) is 37.3 Å². The van der Waals surface area contributed by atoms with Crippen molar-refractivity contribution >= 4 is 28.4 Å². The average Bonchev–Trinajstić information content (AvgIpc) is 2.26. The summed E-state index contributed by atoms with van der Waals surface area (Å²) >= 11 is 2.15. The van der Waals surface area contributed by atoms with Gasteiger partial charge in [-0.15, -0.1) is 0 Å². The lowest BCUT2D eigenvalue weighted by atomic mass is 10.2. The lowest BCUT2D eigenvalue weighted by molar-refractivity contribution is 1.10. The summed E-state index contributed by atoms with van der Waals surface area (Å²) in [6.45, 7) is 1.94. The molecular formula is C11H10IN3. The normalized spacial score (nSPS) is 10.3. The minimum atomic E-state index is 0.543. The zero-order valence-electron chi connectivity index (χ0n) is 8.24. The van der Waals surface area contributed by atoms with Crippen LogP contribution in [0.25, 0.3) is 11.4 Å². The maximum atomic E-state index is 5.80. The number of aromatic nitrogens is 2. The van der Waals surface area contributed by atoms with Gasteiger partial charge in [0.15, 0.2) is 5.82 Å². The van der Waals surface area contributed by atoms with Crippen molar-refractivity contribution in [3.63, 3.8) is 0 Å². The summed E-state index contributed by atoms with van der Waals surface area (Å²) in [5.41, 5.74) is 7.71. The number of nitrogens with two attached hydrogens (primary N) is 1. The SMILES string of the molecule is Cc1nc(-c2ccccc2)nc(N)c1I. The zero-order chi connectivity index (χ0) is 10.8. The van der Waals surface area contributed by atoms with Gasteiger partial charge in [0.25, 0.3) is 0 Å². The van der Waals surface area contributed by atoms with Crippen LogP contribution in [0.4, 0.5) is 5.82 Å². The highest BCUT2D eigenvalue weighted by Gasteiger charge is 2.07. The molecule has 76 valence electrons. The Morgan fingerprint density at radius 3 is 2.40 bits per heavy atom. The molecule has 4 heteroatoms. The van der Waals surface area contributed by atoms with Crippen molar-refractivity contribution in [3.8, 4) is 11.4 Å². The van der Waals surface area contributed by atoms with E-state index in [1.54, 1.807) is 0 Å². The van der Waals surface area contributed by atoms with E-state index in [-0.39, 0.29) is 0 Å². The molecule has 0 aliphatic carbocycles. The molecule has 0 fully saturated rings. The summed E-state index contributed by atoms with van der Waals surface area (Å²) in [5.74, 6) is 1.23. The number of benzene rings is 1. The van der Waals surface area contributed by atoms with Crippen LogP contribution in [0.5, 0.6) is 0 Å². The Hall–Kier alpha value is -1.17.